The third-order valence-corrected chi connectivity index (χ3v) is 5.60. The Bertz CT molecular complexity index is 552. The second kappa shape index (κ2) is 8.55. The van der Waals surface area contributed by atoms with Gasteiger partial charge in [0.2, 0.25) is 5.91 Å². The van der Waals surface area contributed by atoms with E-state index in [0.29, 0.717) is 36.2 Å². The predicted molar refractivity (Wildman–Crippen MR) is 97.5 cm³/mol. The van der Waals surface area contributed by atoms with E-state index in [2.05, 4.69) is 0 Å². The van der Waals surface area contributed by atoms with Crippen molar-refractivity contribution in [1.82, 2.24) is 4.90 Å². The summed E-state index contributed by atoms with van der Waals surface area (Å²) < 4.78 is 5.84. The maximum Gasteiger partial charge on any atom is 0.222 e. The van der Waals surface area contributed by atoms with Crippen molar-refractivity contribution in [1.29, 1.82) is 0 Å². The molecule has 0 bridgehead atoms. The van der Waals surface area contributed by atoms with Crippen molar-refractivity contribution in [3.8, 4) is 0 Å². The molecule has 132 valence electrons. The van der Waals surface area contributed by atoms with Gasteiger partial charge in [-0.25, -0.2) is 0 Å². The van der Waals surface area contributed by atoms with Crippen LogP contribution in [0.1, 0.15) is 56.6 Å². The lowest BCUT2D eigenvalue weighted by Crippen LogP contribution is -2.42. The van der Waals surface area contributed by atoms with Crippen molar-refractivity contribution in [2.24, 2.45) is 5.92 Å². The fourth-order valence-electron chi connectivity index (χ4n) is 3.80. The standard InChI is InChI=1S/C19H25Cl2NO2/c20-16-10-15(11-17(21)12-16)18-13-22(8-9-24-18)19(23)7-6-14-4-2-1-3-5-14/h10-12,14,18H,1-9,13H2. The second-order valence-electron chi connectivity index (χ2n) is 6.94. The average Bonchev–Trinajstić information content (AvgIpc) is 2.60. The Kier molecular flexibility index (Phi) is 6.43. The van der Waals surface area contributed by atoms with Crippen LogP contribution < -0.4 is 0 Å². The van der Waals surface area contributed by atoms with Gasteiger partial charge >= 0.3 is 0 Å². The number of amides is 1. The fourth-order valence-corrected chi connectivity index (χ4v) is 4.34. The summed E-state index contributed by atoms with van der Waals surface area (Å²) >= 11 is 12.2. The van der Waals surface area contributed by atoms with Gasteiger partial charge in [-0.15, -0.1) is 0 Å². The first kappa shape index (κ1) is 18.0. The molecule has 0 radical (unpaired) electrons. The van der Waals surface area contributed by atoms with Crippen LogP contribution in [0.4, 0.5) is 0 Å². The Morgan fingerprint density at radius 1 is 1.12 bits per heavy atom. The minimum absolute atomic E-state index is 0.145. The smallest absolute Gasteiger partial charge is 0.222 e. The van der Waals surface area contributed by atoms with Crippen molar-refractivity contribution < 1.29 is 9.53 Å². The molecule has 24 heavy (non-hydrogen) atoms. The SMILES string of the molecule is O=C(CCC1CCCCC1)N1CCOC(c2cc(Cl)cc(Cl)c2)C1. The van der Waals surface area contributed by atoms with Gasteiger partial charge in [-0.05, 0) is 36.1 Å². The Balaban J connectivity index is 1.55. The van der Waals surface area contributed by atoms with Gasteiger partial charge in [0.1, 0.15) is 6.10 Å². The molecule has 1 aromatic carbocycles. The van der Waals surface area contributed by atoms with Crippen molar-refractivity contribution in [3.05, 3.63) is 33.8 Å². The van der Waals surface area contributed by atoms with E-state index in [-0.39, 0.29) is 12.0 Å². The summed E-state index contributed by atoms with van der Waals surface area (Å²) in [6.07, 6.45) is 8.14. The number of hydrogen-bond donors (Lipinski definition) is 0. The van der Waals surface area contributed by atoms with E-state index in [1.807, 2.05) is 17.0 Å². The number of ether oxygens (including phenoxy) is 1. The number of nitrogens with zero attached hydrogens (tertiary/aromatic N) is 1. The molecule has 1 atom stereocenters. The van der Waals surface area contributed by atoms with Crippen molar-refractivity contribution in [2.75, 3.05) is 19.7 Å². The summed E-state index contributed by atoms with van der Waals surface area (Å²) in [7, 11) is 0. The summed E-state index contributed by atoms with van der Waals surface area (Å²) in [4.78, 5) is 14.5. The summed E-state index contributed by atoms with van der Waals surface area (Å²) in [6.45, 7) is 1.82. The maximum absolute atomic E-state index is 12.6. The minimum Gasteiger partial charge on any atom is -0.370 e. The topological polar surface area (TPSA) is 29.5 Å². The molecular formula is C19H25Cl2NO2. The molecule has 0 aromatic heterocycles. The summed E-state index contributed by atoms with van der Waals surface area (Å²) in [5, 5.41) is 1.20. The number of carbonyl (C=O) groups excluding carboxylic acids is 1. The minimum atomic E-state index is -0.145. The first-order chi connectivity index (χ1) is 11.6. The largest absolute Gasteiger partial charge is 0.370 e. The molecule has 1 aliphatic heterocycles. The number of halogens is 2. The Labute approximate surface area is 154 Å². The molecule has 1 saturated carbocycles. The quantitative estimate of drug-likeness (QED) is 0.724. The number of carbonyl (C=O) groups is 1. The number of hydrogen-bond acceptors (Lipinski definition) is 2. The van der Waals surface area contributed by atoms with Crippen LogP contribution in [-0.4, -0.2) is 30.5 Å². The van der Waals surface area contributed by atoms with Crippen molar-refractivity contribution >= 4 is 29.1 Å². The van der Waals surface area contributed by atoms with Crippen LogP contribution in [-0.2, 0) is 9.53 Å². The third kappa shape index (κ3) is 4.87. The summed E-state index contributed by atoms with van der Waals surface area (Å²) in [5.41, 5.74) is 0.942. The second-order valence-corrected chi connectivity index (χ2v) is 7.82. The van der Waals surface area contributed by atoms with Gasteiger partial charge in [-0.1, -0.05) is 55.3 Å². The Morgan fingerprint density at radius 3 is 2.54 bits per heavy atom. The lowest BCUT2D eigenvalue weighted by atomic mass is 9.86. The van der Waals surface area contributed by atoms with E-state index >= 15 is 0 Å². The van der Waals surface area contributed by atoms with Crippen LogP contribution in [0.2, 0.25) is 10.0 Å². The summed E-state index contributed by atoms with van der Waals surface area (Å²) in [5.74, 6) is 0.994. The van der Waals surface area contributed by atoms with E-state index in [1.54, 1.807) is 6.07 Å². The zero-order chi connectivity index (χ0) is 16.9. The van der Waals surface area contributed by atoms with Crippen LogP contribution in [0.25, 0.3) is 0 Å². The van der Waals surface area contributed by atoms with E-state index in [0.717, 1.165) is 17.9 Å². The lowest BCUT2D eigenvalue weighted by Gasteiger charge is -2.34. The number of rotatable bonds is 4. The van der Waals surface area contributed by atoms with Gasteiger partial charge in [0.15, 0.2) is 0 Å². The molecule has 3 rings (SSSR count). The van der Waals surface area contributed by atoms with Gasteiger partial charge in [0.25, 0.3) is 0 Å². The highest BCUT2D eigenvalue weighted by Crippen LogP contribution is 2.30. The fraction of sp³-hybridized carbons (Fsp3) is 0.632. The first-order valence-corrected chi connectivity index (χ1v) is 9.73. The zero-order valence-electron chi connectivity index (χ0n) is 14.0. The lowest BCUT2D eigenvalue weighted by molar-refractivity contribution is -0.139. The summed E-state index contributed by atoms with van der Waals surface area (Å²) in [6, 6.07) is 5.45. The molecule has 1 amide bonds. The predicted octanol–water partition coefficient (Wildman–Crippen LogP) is 5.25. The van der Waals surface area contributed by atoms with Crippen LogP contribution in [0, 0.1) is 5.92 Å². The molecular weight excluding hydrogens is 345 g/mol. The average molecular weight is 370 g/mol. The molecule has 5 heteroatoms. The molecule has 0 N–H and O–H groups in total. The van der Waals surface area contributed by atoms with Gasteiger partial charge in [-0.2, -0.15) is 0 Å². The highest BCUT2D eigenvalue weighted by Gasteiger charge is 2.26. The maximum atomic E-state index is 12.6. The van der Waals surface area contributed by atoms with Gasteiger partial charge in [-0.3, -0.25) is 4.79 Å². The Hall–Kier alpha value is -0.770. The monoisotopic (exact) mass is 369 g/mol. The Morgan fingerprint density at radius 2 is 1.83 bits per heavy atom. The molecule has 1 unspecified atom stereocenters. The molecule has 0 spiro atoms. The van der Waals surface area contributed by atoms with Crippen LogP contribution in [0.3, 0.4) is 0 Å². The highest BCUT2D eigenvalue weighted by molar-refractivity contribution is 6.34. The molecule has 1 aromatic rings. The van der Waals surface area contributed by atoms with Crippen LogP contribution >= 0.6 is 23.2 Å². The first-order valence-electron chi connectivity index (χ1n) is 8.97. The zero-order valence-corrected chi connectivity index (χ0v) is 15.5. The van der Waals surface area contributed by atoms with E-state index in [9.17, 15) is 4.79 Å². The molecule has 2 fully saturated rings. The van der Waals surface area contributed by atoms with Gasteiger partial charge in [0, 0.05) is 23.0 Å². The van der Waals surface area contributed by atoms with Crippen LogP contribution in [0.15, 0.2) is 18.2 Å². The molecule has 1 aliphatic carbocycles. The van der Waals surface area contributed by atoms with Gasteiger partial charge < -0.3 is 9.64 Å². The number of morpholine rings is 1. The normalized spacial score (nSPS) is 22.6. The van der Waals surface area contributed by atoms with E-state index in [1.165, 1.54) is 32.1 Å². The molecule has 1 saturated heterocycles. The van der Waals surface area contributed by atoms with Gasteiger partial charge in [0.05, 0.1) is 13.2 Å². The highest BCUT2D eigenvalue weighted by atomic mass is 35.5. The molecule has 2 aliphatic rings. The van der Waals surface area contributed by atoms with E-state index in [4.69, 9.17) is 27.9 Å². The van der Waals surface area contributed by atoms with Crippen molar-refractivity contribution in [2.45, 2.75) is 51.0 Å². The van der Waals surface area contributed by atoms with Crippen LogP contribution in [0.5, 0.6) is 0 Å². The third-order valence-electron chi connectivity index (χ3n) is 5.17. The number of benzene rings is 1. The molecule has 1 heterocycles. The van der Waals surface area contributed by atoms with Crippen molar-refractivity contribution in [3.63, 3.8) is 0 Å². The molecule has 3 nitrogen and oxygen atoms in total. The van der Waals surface area contributed by atoms with E-state index < -0.39 is 0 Å².